The molecule has 1 aliphatic heterocycles. The van der Waals surface area contributed by atoms with Gasteiger partial charge in [-0.05, 0) is 68.8 Å². The van der Waals surface area contributed by atoms with E-state index in [2.05, 4.69) is 16.7 Å². The highest BCUT2D eigenvalue weighted by atomic mass is 35.5. The first-order valence-electron chi connectivity index (χ1n) is 7.96. The number of carbonyl (C=O) groups is 1. The Bertz CT molecular complexity index is 507. The van der Waals surface area contributed by atoms with Gasteiger partial charge in [0.05, 0.1) is 5.54 Å². The lowest BCUT2D eigenvalue weighted by Crippen LogP contribution is -2.35. The lowest BCUT2D eigenvalue weighted by atomic mass is 9.93. The molecule has 114 valence electrons. The van der Waals surface area contributed by atoms with Crippen molar-refractivity contribution >= 4 is 17.5 Å². The number of carbonyl (C=O) groups excluding carboxylic acids is 1. The van der Waals surface area contributed by atoms with Gasteiger partial charge in [0, 0.05) is 11.4 Å². The van der Waals surface area contributed by atoms with Crippen LogP contribution in [-0.2, 0) is 10.3 Å². The van der Waals surface area contributed by atoms with E-state index in [1.165, 1.54) is 12.8 Å². The van der Waals surface area contributed by atoms with Crippen molar-refractivity contribution in [2.75, 3.05) is 13.1 Å². The molecule has 3 nitrogen and oxygen atoms in total. The average molecular weight is 307 g/mol. The molecule has 3 rings (SSSR count). The number of hydrogen-bond donors (Lipinski definition) is 2. The van der Waals surface area contributed by atoms with E-state index in [-0.39, 0.29) is 11.4 Å². The van der Waals surface area contributed by atoms with Gasteiger partial charge in [0.15, 0.2) is 0 Å². The SMILES string of the molecule is O=C(CCC1CCNCC1)NC1(c2cccc(Cl)c2)CC1. The Morgan fingerprint density at radius 2 is 2.10 bits per heavy atom. The second-order valence-corrected chi connectivity index (χ2v) is 6.81. The van der Waals surface area contributed by atoms with Crippen molar-refractivity contribution in [3.63, 3.8) is 0 Å². The molecule has 0 atom stereocenters. The van der Waals surface area contributed by atoms with Crippen molar-refractivity contribution in [2.24, 2.45) is 5.92 Å². The van der Waals surface area contributed by atoms with Crippen LogP contribution < -0.4 is 10.6 Å². The van der Waals surface area contributed by atoms with E-state index < -0.39 is 0 Å². The Morgan fingerprint density at radius 3 is 2.76 bits per heavy atom. The summed E-state index contributed by atoms with van der Waals surface area (Å²) in [5.41, 5.74) is 1.00. The molecule has 0 unspecified atom stereocenters. The first-order valence-corrected chi connectivity index (χ1v) is 8.33. The Hall–Kier alpha value is -1.06. The van der Waals surface area contributed by atoms with Crippen LogP contribution in [0.4, 0.5) is 0 Å². The van der Waals surface area contributed by atoms with Gasteiger partial charge in [-0.2, -0.15) is 0 Å². The molecule has 0 aromatic heterocycles. The zero-order valence-electron chi connectivity index (χ0n) is 12.3. The lowest BCUT2D eigenvalue weighted by molar-refractivity contribution is -0.122. The Balaban J connectivity index is 1.52. The molecule has 21 heavy (non-hydrogen) atoms. The molecule has 4 heteroatoms. The van der Waals surface area contributed by atoms with Crippen molar-refractivity contribution < 1.29 is 4.79 Å². The summed E-state index contributed by atoms with van der Waals surface area (Å²) in [6.07, 6.45) is 6.10. The molecule has 0 spiro atoms. The van der Waals surface area contributed by atoms with E-state index in [4.69, 9.17) is 11.6 Å². The Kier molecular flexibility index (Phi) is 4.51. The molecule has 1 saturated heterocycles. The summed E-state index contributed by atoms with van der Waals surface area (Å²) in [7, 11) is 0. The van der Waals surface area contributed by atoms with Crippen LogP contribution in [0.3, 0.4) is 0 Å². The van der Waals surface area contributed by atoms with E-state index in [1.54, 1.807) is 0 Å². The minimum atomic E-state index is -0.143. The minimum absolute atomic E-state index is 0.143. The number of hydrogen-bond acceptors (Lipinski definition) is 2. The average Bonchev–Trinajstić information content (AvgIpc) is 3.27. The van der Waals surface area contributed by atoms with Gasteiger partial charge in [0.2, 0.25) is 5.91 Å². The summed E-state index contributed by atoms with van der Waals surface area (Å²) < 4.78 is 0. The third-order valence-corrected chi connectivity index (χ3v) is 4.98. The van der Waals surface area contributed by atoms with E-state index in [9.17, 15) is 4.79 Å². The highest BCUT2D eigenvalue weighted by Crippen LogP contribution is 2.46. The van der Waals surface area contributed by atoms with Gasteiger partial charge in [0.25, 0.3) is 0 Å². The monoisotopic (exact) mass is 306 g/mol. The van der Waals surface area contributed by atoms with Gasteiger partial charge in [-0.25, -0.2) is 0 Å². The molecule has 1 amide bonds. The molecule has 0 radical (unpaired) electrons. The van der Waals surface area contributed by atoms with E-state index in [0.717, 1.165) is 42.9 Å². The number of benzene rings is 1. The Morgan fingerprint density at radius 1 is 1.33 bits per heavy atom. The largest absolute Gasteiger partial charge is 0.347 e. The second-order valence-electron chi connectivity index (χ2n) is 6.37. The van der Waals surface area contributed by atoms with Crippen molar-refractivity contribution in [2.45, 2.75) is 44.1 Å². The molecule has 2 aliphatic rings. The summed E-state index contributed by atoms with van der Waals surface area (Å²) in [5.74, 6) is 0.893. The molecule has 1 heterocycles. The van der Waals surface area contributed by atoms with Crippen LogP contribution >= 0.6 is 11.6 Å². The predicted octanol–water partition coefficient (Wildman–Crippen LogP) is 3.23. The fourth-order valence-electron chi connectivity index (χ4n) is 3.23. The van der Waals surface area contributed by atoms with Crippen LogP contribution in [0.25, 0.3) is 0 Å². The molecule has 0 bridgehead atoms. The maximum absolute atomic E-state index is 12.2. The highest BCUT2D eigenvalue weighted by molar-refractivity contribution is 6.30. The van der Waals surface area contributed by atoms with Gasteiger partial charge >= 0.3 is 0 Å². The van der Waals surface area contributed by atoms with Gasteiger partial charge in [-0.15, -0.1) is 0 Å². The van der Waals surface area contributed by atoms with Crippen molar-refractivity contribution in [1.82, 2.24) is 10.6 Å². The van der Waals surface area contributed by atoms with E-state index in [1.807, 2.05) is 18.2 Å². The second kappa shape index (κ2) is 6.37. The number of halogens is 1. The first kappa shape index (κ1) is 14.9. The molecule has 1 aromatic carbocycles. The maximum Gasteiger partial charge on any atom is 0.220 e. The number of amides is 1. The van der Waals surface area contributed by atoms with Crippen LogP contribution in [0.15, 0.2) is 24.3 Å². The van der Waals surface area contributed by atoms with Gasteiger partial charge in [-0.3, -0.25) is 4.79 Å². The van der Waals surface area contributed by atoms with E-state index in [0.29, 0.717) is 12.3 Å². The third kappa shape index (κ3) is 3.78. The summed E-state index contributed by atoms with van der Waals surface area (Å²) >= 11 is 6.06. The lowest BCUT2D eigenvalue weighted by Gasteiger charge is -2.23. The zero-order valence-corrected chi connectivity index (χ0v) is 13.1. The van der Waals surface area contributed by atoms with E-state index >= 15 is 0 Å². The summed E-state index contributed by atoms with van der Waals surface area (Å²) in [6.45, 7) is 2.19. The molecule has 1 aromatic rings. The Labute approximate surface area is 131 Å². The molecule has 1 aliphatic carbocycles. The topological polar surface area (TPSA) is 41.1 Å². The first-order chi connectivity index (χ1) is 10.2. The van der Waals surface area contributed by atoms with Crippen LogP contribution in [0.5, 0.6) is 0 Å². The smallest absolute Gasteiger partial charge is 0.220 e. The fourth-order valence-corrected chi connectivity index (χ4v) is 3.42. The van der Waals surface area contributed by atoms with Gasteiger partial charge in [-0.1, -0.05) is 23.7 Å². The quantitative estimate of drug-likeness (QED) is 0.877. The molecular formula is C17H23ClN2O. The van der Waals surface area contributed by atoms with Crippen molar-refractivity contribution in [3.05, 3.63) is 34.9 Å². The molecular weight excluding hydrogens is 284 g/mol. The number of nitrogens with one attached hydrogen (secondary N) is 2. The fraction of sp³-hybridized carbons (Fsp3) is 0.588. The predicted molar refractivity (Wildman–Crippen MR) is 85.3 cm³/mol. The van der Waals surface area contributed by atoms with Crippen molar-refractivity contribution in [3.8, 4) is 0 Å². The standard InChI is InChI=1S/C17H23ClN2O/c18-15-3-1-2-14(12-15)17(8-9-17)20-16(21)5-4-13-6-10-19-11-7-13/h1-3,12-13,19H,4-11H2,(H,20,21). The summed E-state index contributed by atoms with van der Waals surface area (Å²) in [4.78, 5) is 12.2. The molecule has 2 N–H and O–H groups in total. The summed E-state index contributed by atoms with van der Waals surface area (Å²) in [5, 5.41) is 7.34. The van der Waals surface area contributed by atoms with Crippen LogP contribution in [-0.4, -0.2) is 19.0 Å². The van der Waals surface area contributed by atoms with Crippen LogP contribution in [0.2, 0.25) is 5.02 Å². The van der Waals surface area contributed by atoms with Gasteiger partial charge in [0.1, 0.15) is 0 Å². The van der Waals surface area contributed by atoms with Gasteiger partial charge < -0.3 is 10.6 Å². The number of rotatable bonds is 5. The minimum Gasteiger partial charge on any atom is -0.347 e. The third-order valence-electron chi connectivity index (χ3n) is 4.74. The van der Waals surface area contributed by atoms with Crippen molar-refractivity contribution in [1.29, 1.82) is 0 Å². The maximum atomic E-state index is 12.2. The highest BCUT2D eigenvalue weighted by Gasteiger charge is 2.45. The zero-order chi connectivity index (χ0) is 14.7. The van der Waals surface area contributed by atoms with Crippen LogP contribution in [0.1, 0.15) is 44.1 Å². The molecule has 2 fully saturated rings. The summed E-state index contributed by atoms with van der Waals surface area (Å²) in [6, 6.07) is 7.87. The number of piperidine rings is 1. The normalized spacial score (nSPS) is 21.0. The molecule has 1 saturated carbocycles. The van der Waals surface area contributed by atoms with Crippen LogP contribution in [0, 0.1) is 5.92 Å².